The number of halogens is 3. The zero-order valence-electron chi connectivity index (χ0n) is 29.0. The van der Waals surface area contributed by atoms with Crippen LogP contribution in [-0.2, 0) is 5.41 Å². The molecule has 2 aliphatic rings. The van der Waals surface area contributed by atoms with Crippen molar-refractivity contribution in [3.63, 3.8) is 0 Å². The highest BCUT2D eigenvalue weighted by molar-refractivity contribution is 7.00. The van der Waals surface area contributed by atoms with Gasteiger partial charge in [-0.25, -0.2) is 13.2 Å². The average molecular weight is 683 g/mol. The minimum atomic E-state index is -0.547. The van der Waals surface area contributed by atoms with Crippen molar-refractivity contribution >= 4 is 57.2 Å². The summed E-state index contributed by atoms with van der Waals surface area (Å²) in [6.07, 6.45) is 0. The molecule has 9 rings (SSSR count). The standard InChI is InChI=1S/C46H34BF3N2/c1-46(2,3)33-14-18-37(19-15-33)51-41-20-16-34(48)25-39(41)47-40-26-35(49)17-21-42(40)52(44-28-36(50)27-43(51)45(44)47)38-23-31(29-10-6-4-7-11-29)22-32(24-38)30-12-8-5-9-13-30/h4-28H,1-3H3. The van der Waals surface area contributed by atoms with E-state index in [-0.39, 0.29) is 5.41 Å². The Labute approximate surface area is 302 Å². The van der Waals surface area contributed by atoms with Crippen LogP contribution in [0.25, 0.3) is 22.3 Å². The highest BCUT2D eigenvalue weighted by Crippen LogP contribution is 2.46. The first-order chi connectivity index (χ1) is 25.1. The smallest absolute Gasteiger partial charge is 0.252 e. The molecule has 0 fully saturated rings. The van der Waals surface area contributed by atoms with Crippen molar-refractivity contribution < 1.29 is 13.2 Å². The molecule has 0 spiro atoms. The highest BCUT2D eigenvalue weighted by Gasteiger charge is 2.44. The van der Waals surface area contributed by atoms with Crippen LogP contribution in [0.1, 0.15) is 26.3 Å². The van der Waals surface area contributed by atoms with Gasteiger partial charge in [0.05, 0.1) is 0 Å². The second kappa shape index (κ2) is 12.1. The van der Waals surface area contributed by atoms with Crippen molar-refractivity contribution in [3.05, 3.63) is 175 Å². The topological polar surface area (TPSA) is 6.48 Å². The second-order valence-corrected chi connectivity index (χ2v) is 14.7. The maximum atomic E-state index is 16.3. The number of anilines is 6. The van der Waals surface area contributed by atoms with Crippen LogP contribution in [0, 0.1) is 17.5 Å². The van der Waals surface area contributed by atoms with Gasteiger partial charge in [-0.2, -0.15) is 0 Å². The van der Waals surface area contributed by atoms with Crippen LogP contribution in [0.5, 0.6) is 0 Å². The monoisotopic (exact) mass is 682 g/mol. The van der Waals surface area contributed by atoms with Crippen molar-refractivity contribution in [1.82, 2.24) is 0 Å². The van der Waals surface area contributed by atoms with Gasteiger partial charge in [-0.3, -0.25) is 0 Å². The van der Waals surface area contributed by atoms with E-state index in [0.717, 1.165) is 50.3 Å². The third-order valence-corrected chi connectivity index (χ3v) is 10.3. The molecule has 0 bridgehead atoms. The summed E-state index contributed by atoms with van der Waals surface area (Å²) >= 11 is 0. The van der Waals surface area contributed by atoms with E-state index in [1.54, 1.807) is 36.4 Å². The van der Waals surface area contributed by atoms with Crippen LogP contribution >= 0.6 is 0 Å². The van der Waals surface area contributed by atoms with Gasteiger partial charge in [0.15, 0.2) is 0 Å². The summed E-state index contributed by atoms with van der Waals surface area (Å²) in [4.78, 5) is 4.05. The van der Waals surface area contributed by atoms with Gasteiger partial charge < -0.3 is 9.80 Å². The maximum Gasteiger partial charge on any atom is 0.252 e. The van der Waals surface area contributed by atoms with Crippen LogP contribution in [0.15, 0.2) is 152 Å². The van der Waals surface area contributed by atoms with E-state index in [4.69, 9.17) is 0 Å². The van der Waals surface area contributed by atoms with E-state index in [0.29, 0.717) is 28.0 Å². The first kappa shape index (κ1) is 31.9. The van der Waals surface area contributed by atoms with E-state index in [1.807, 2.05) is 58.3 Å². The molecule has 0 saturated heterocycles. The van der Waals surface area contributed by atoms with Crippen LogP contribution in [0.3, 0.4) is 0 Å². The lowest BCUT2D eigenvalue weighted by Gasteiger charge is -2.44. The number of hydrogen-bond donors (Lipinski definition) is 0. The fraction of sp³-hybridized carbons (Fsp3) is 0.0870. The van der Waals surface area contributed by atoms with Crippen molar-refractivity contribution in [2.45, 2.75) is 26.2 Å². The molecule has 0 aliphatic carbocycles. The summed E-state index contributed by atoms with van der Waals surface area (Å²) in [5.41, 5.74) is 11.6. The predicted molar refractivity (Wildman–Crippen MR) is 210 cm³/mol. The molecule has 6 heteroatoms. The SMILES string of the molecule is CC(C)(C)c1ccc(N2c3ccc(F)cc3B3c4cc(F)ccc4N(c4cc(-c5ccccc5)cc(-c5ccccc5)c4)c4cc(F)cc2c43)cc1. The molecule has 2 aliphatic heterocycles. The first-order valence-electron chi connectivity index (χ1n) is 17.5. The minimum absolute atomic E-state index is 0.0637. The Kier molecular flexibility index (Phi) is 7.40. The molecule has 2 heterocycles. The van der Waals surface area contributed by atoms with Gasteiger partial charge in [0.1, 0.15) is 17.5 Å². The third kappa shape index (κ3) is 5.29. The Balaban J connectivity index is 1.34. The Hall–Kier alpha value is -6.01. The summed E-state index contributed by atoms with van der Waals surface area (Å²) in [6.45, 7) is 5.94. The van der Waals surface area contributed by atoms with Crippen LogP contribution in [-0.4, -0.2) is 6.71 Å². The molecule has 7 aromatic rings. The van der Waals surface area contributed by atoms with E-state index in [9.17, 15) is 0 Å². The van der Waals surface area contributed by atoms with Gasteiger partial charge in [0.25, 0.3) is 6.71 Å². The fourth-order valence-corrected chi connectivity index (χ4v) is 7.92. The Morgan fingerprint density at radius 3 is 1.38 bits per heavy atom. The van der Waals surface area contributed by atoms with Gasteiger partial charge in [-0.15, -0.1) is 0 Å². The van der Waals surface area contributed by atoms with E-state index < -0.39 is 24.2 Å². The van der Waals surface area contributed by atoms with E-state index in [1.165, 1.54) is 12.1 Å². The molecule has 0 N–H and O–H groups in total. The lowest BCUT2D eigenvalue weighted by molar-refractivity contribution is 0.590. The Bertz CT molecular complexity index is 2430. The molecule has 7 aromatic carbocycles. The zero-order chi connectivity index (χ0) is 35.7. The second-order valence-electron chi connectivity index (χ2n) is 14.7. The van der Waals surface area contributed by atoms with Gasteiger partial charge in [0.2, 0.25) is 0 Å². The summed E-state index contributed by atoms with van der Waals surface area (Å²) in [6, 6.07) is 47.5. The minimum Gasteiger partial charge on any atom is -0.311 e. The molecule has 0 amide bonds. The van der Waals surface area contributed by atoms with Crippen LogP contribution in [0.4, 0.5) is 47.3 Å². The predicted octanol–water partition coefficient (Wildman–Crippen LogP) is 10.8. The largest absolute Gasteiger partial charge is 0.311 e. The average Bonchev–Trinajstić information content (AvgIpc) is 3.15. The first-order valence-corrected chi connectivity index (χ1v) is 17.5. The molecular formula is C46H34BF3N2. The summed E-state index contributed by atoms with van der Waals surface area (Å²) in [5, 5.41) is 0. The van der Waals surface area contributed by atoms with Crippen molar-refractivity contribution in [3.8, 4) is 22.3 Å². The van der Waals surface area contributed by atoms with E-state index in [2.05, 4.69) is 75.4 Å². The molecule has 0 atom stereocenters. The number of rotatable bonds is 4. The highest BCUT2D eigenvalue weighted by atomic mass is 19.1. The van der Waals surface area contributed by atoms with Gasteiger partial charge >= 0.3 is 0 Å². The molecular weight excluding hydrogens is 648 g/mol. The van der Waals surface area contributed by atoms with E-state index >= 15 is 13.2 Å². The molecule has 0 radical (unpaired) electrons. The number of benzene rings is 7. The number of nitrogens with zero attached hydrogens (tertiary/aromatic N) is 2. The number of hydrogen-bond acceptors (Lipinski definition) is 2. The van der Waals surface area contributed by atoms with Crippen LogP contribution < -0.4 is 26.2 Å². The molecule has 0 aromatic heterocycles. The molecule has 0 unspecified atom stereocenters. The molecule has 252 valence electrons. The Morgan fingerprint density at radius 1 is 0.423 bits per heavy atom. The van der Waals surface area contributed by atoms with Gasteiger partial charge in [-0.1, -0.05) is 93.6 Å². The zero-order valence-corrected chi connectivity index (χ0v) is 29.0. The molecule has 0 saturated carbocycles. The summed E-state index contributed by atoms with van der Waals surface area (Å²) in [7, 11) is 0. The fourth-order valence-electron chi connectivity index (χ4n) is 7.92. The van der Waals surface area contributed by atoms with Crippen molar-refractivity contribution in [2.75, 3.05) is 9.80 Å². The number of fused-ring (bicyclic) bond motifs is 4. The quantitative estimate of drug-likeness (QED) is 0.171. The molecule has 2 nitrogen and oxygen atoms in total. The Morgan fingerprint density at radius 2 is 0.904 bits per heavy atom. The maximum absolute atomic E-state index is 16.3. The summed E-state index contributed by atoms with van der Waals surface area (Å²) < 4.78 is 47.0. The van der Waals surface area contributed by atoms with Crippen LogP contribution in [0.2, 0.25) is 0 Å². The van der Waals surface area contributed by atoms with Gasteiger partial charge in [0, 0.05) is 34.1 Å². The third-order valence-electron chi connectivity index (χ3n) is 10.3. The summed E-state index contributed by atoms with van der Waals surface area (Å²) in [5.74, 6) is -1.20. The van der Waals surface area contributed by atoms with Crippen molar-refractivity contribution in [1.29, 1.82) is 0 Å². The van der Waals surface area contributed by atoms with Gasteiger partial charge in [-0.05, 0) is 128 Å². The lowest BCUT2D eigenvalue weighted by atomic mass is 9.33. The normalized spacial score (nSPS) is 13.1. The van der Waals surface area contributed by atoms with Crippen molar-refractivity contribution in [2.24, 2.45) is 0 Å². The molecule has 52 heavy (non-hydrogen) atoms. The lowest BCUT2D eigenvalue weighted by Crippen LogP contribution is -2.61.